The minimum absolute atomic E-state index is 0. The molecule has 0 amide bonds. The van der Waals surface area contributed by atoms with Crippen molar-refractivity contribution in [3.05, 3.63) is 142 Å². The molecule has 1 aromatic heterocycles. The van der Waals surface area contributed by atoms with E-state index in [2.05, 4.69) is 72.1 Å². The fourth-order valence-corrected chi connectivity index (χ4v) is 3.14. The van der Waals surface area contributed by atoms with E-state index in [0.717, 1.165) is 23.9 Å². The molecule has 0 unspecified atom stereocenters. The van der Waals surface area contributed by atoms with Gasteiger partial charge in [0.25, 0.3) is 0 Å². The van der Waals surface area contributed by atoms with Crippen LogP contribution >= 0.6 is 0 Å². The van der Waals surface area contributed by atoms with E-state index in [1.54, 1.807) is 0 Å². The van der Waals surface area contributed by atoms with Crippen LogP contribution in [-0.4, -0.2) is 9.78 Å². The molecular formula is C26H22FeN2+2. The SMILES string of the molecule is [CH]1[CH][CH][CH][CH]1.[CH]1[CH][CH][C](c2cc(-c3ccccc3)n(Cc3ccccc3)n2)[CH]1.[Fe+2]. The van der Waals surface area contributed by atoms with Gasteiger partial charge in [0.1, 0.15) is 0 Å². The largest absolute Gasteiger partial charge is 2.00 e. The van der Waals surface area contributed by atoms with Crippen molar-refractivity contribution >= 4 is 0 Å². The smallest absolute Gasteiger partial charge is 0.260 e. The molecule has 1 heterocycles. The zero-order valence-electron chi connectivity index (χ0n) is 16.0. The zero-order valence-corrected chi connectivity index (χ0v) is 17.1. The second-order valence-corrected chi connectivity index (χ2v) is 6.56. The van der Waals surface area contributed by atoms with Crippen LogP contribution in [-0.2, 0) is 23.6 Å². The van der Waals surface area contributed by atoms with Crippen molar-refractivity contribution in [1.29, 1.82) is 0 Å². The van der Waals surface area contributed by atoms with E-state index >= 15 is 0 Å². The summed E-state index contributed by atoms with van der Waals surface area (Å²) in [6, 6.07) is 23.1. The van der Waals surface area contributed by atoms with Gasteiger partial charge in [-0.25, -0.2) is 0 Å². The van der Waals surface area contributed by atoms with Gasteiger partial charge in [-0.15, -0.1) is 0 Å². The third-order valence-corrected chi connectivity index (χ3v) is 4.54. The average molecular weight is 418 g/mol. The second-order valence-electron chi connectivity index (χ2n) is 6.56. The third-order valence-electron chi connectivity index (χ3n) is 4.54. The van der Waals surface area contributed by atoms with Crippen LogP contribution in [0.1, 0.15) is 11.3 Å². The topological polar surface area (TPSA) is 17.8 Å². The van der Waals surface area contributed by atoms with E-state index in [1.165, 1.54) is 11.1 Å². The van der Waals surface area contributed by atoms with Gasteiger partial charge in [0, 0.05) is 5.92 Å². The number of hydrogen-bond donors (Lipinski definition) is 0. The third kappa shape index (κ3) is 6.07. The van der Waals surface area contributed by atoms with Gasteiger partial charge in [-0.2, -0.15) is 5.10 Å². The monoisotopic (exact) mass is 418 g/mol. The molecule has 3 heteroatoms. The maximum atomic E-state index is 4.84. The molecule has 3 aromatic rings. The fourth-order valence-electron chi connectivity index (χ4n) is 3.14. The molecule has 5 rings (SSSR count). The number of rotatable bonds is 4. The first-order chi connectivity index (χ1) is 13.9. The minimum atomic E-state index is 0. The molecule has 0 atom stereocenters. The Morgan fingerprint density at radius 2 is 1.21 bits per heavy atom. The fraction of sp³-hybridized carbons (Fsp3) is 0.0385. The predicted molar refractivity (Wildman–Crippen MR) is 114 cm³/mol. The van der Waals surface area contributed by atoms with Crippen molar-refractivity contribution in [2.24, 2.45) is 0 Å². The summed E-state index contributed by atoms with van der Waals surface area (Å²) in [5, 5.41) is 4.84. The molecule has 0 N–H and O–H groups in total. The van der Waals surface area contributed by atoms with E-state index in [-0.39, 0.29) is 17.1 Å². The van der Waals surface area contributed by atoms with Gasteiger partial charge in [0.2, 0.25) is 0 Å². The van der Waals surface area contributed by atoms with Crippen LogP contribution in [0.2, 0.25) is 0 Å². The molecular weight excluding hydrogens is 396 g/mol. The van der Waals surface area contributed by atoms with Gasteiger partial charge in [0.15, 0.2) is 0 Å². The molecule has 2 saturated carbocycles. The van der Waals surface area contributed by atoms with Crippen LogP contribution in [0.15, 0.2) is 66.7 Å². The molecule has 0 saturated heterocycles. The van der Waals surface area contributed by atoms with Gasteiger partial charge < -0.3 is 0 Å². The van der Waals surface area contributed by atoms with Gasteiger partial charge in [-0.05, 0) is 75.0 Å². The van der Waals surface area contributed by atoms with Crippen molar-refractivity contribution in [3.8, 4) is 11.3 Å². The Labute approximate surface area is 186 Å². The normalized spacial score (nSPS) is 16.1. The van der Waals surface area contributed by atoms with Crippen LogP contribution in [0, 0.1) is 63.7 Å². The maximum absolute atomic E-state index is 4.84. The summed E-state index contributed by atoms with van der Waals surface area (Å²) in [5.41, 5.74) is 4.60. The Morgan fingerprint density at radius 1 is 0.655 bits per heavy atom. The quantitative estimate of drug-likeness (QED) is 0.521. The molecule has 142 valence electrons. The summed E-state index contributed by atoms with van der Waals surface area (Å²) in [6.07, 6.45) is 18.3. The van der Waals surface area contributed by atoms with E-state index in [1.807, 2.05) is 57.1 Å². The molecule has 0 aliphatic heterocycles. The summed E-state index contributed by atoms with van der Waals surface area (Å²) in [5.74, 6) is 1.16. The van der Waals surface area contributed by atoms with Crippen LogP contribution in [0.4, 0.5) is 0 Å². The molecule has 2 nitrogen and oxygen atoms in total. The number of nitrogens with zero attached hydrogens (tertiary/aromatic N) is 2. The van der Waals surface area contributed by atoms with Gasteiger partial charge in [-0.1, -0.05) is 60.7 Å². The minimum Gasteiger partial charge on any atom is -0.260 e. The Morgan fingerprint density at radius 3 is 1.79 bits per heavy atom. The van der Waals surface area contributed by atoms with Gasteiger partial charge in [0.05, 0.1) is 17.9 Å². The van der Waals surface area contributed by atoms with Crippen molar-refractivity contribution in [3.63, 3.8) is 0 Å². The standard InChI is InChI=1S/C21H17N2.C5H5.Fe/c1-3-9-17(10-4-1)16-23-21(19-13-5-2-6-14-19)15-20(22-23)18-11-7-8-12-18;1-2-4-5-3-1;/h1-15H,16H2;1-5H;/q;;+2. The van der Waals surface area contributed by atoms with Crippen LogP contribution in [0.3, 0.4) is 0 Å². The summed E-state index contributed by atoms with van der Waals surface area (Å²) < 4.78 is 2.09. The predicted octanol–water partition coefficient (Wildman–Crippen LogP) is 5.37. The van der Waals surface area contributed by atoms with E-state index in [9.17, 15) is 0 Å². The first-order valence-corrected chi connectivity index (χ1v) is 9.46. The molecule has 0 bridgehead atoms. The maximum Gasteiger partial charge on any atom is 2.00 e. The Hall–Kier alpha value is -1.83. The molecule has 10 radical (unpaired) electrons. The molecule has 2 fully saturated rings. The van der Waals surface area contributed by atoms with Crippen LogP contribution in [0.5, 0.6) is 0 Å². The molecule has 29 heavy (non-hydrogen) atoms. The summed E-state index contributed by atoms with van der Waals surface area (Å²) in [7, 11) is 0. The Balaban J connectivity index is 0.000000352. The van der Waals surface area contributed by atoms with E-state index in [4.69, 9.17) is 5.10 Å². The van der Waals surface area contributed by atoms with Crippen molar-refractivity contribution in [1.82, 2.24) is 9.78 Å². The summed E-state index contributed by atoms with van der Waals surface area (Å²) >= 11 is 0. The Bertz CT molecular complexity index is 824. The van der Waals surface area contributed by atoms with E-state index in [0.29, 0.717) is 0 Å². The van der Waals surface area contributed by atoms with Gasteiger partial charge >= 0.3 is 17.1 Å². The molecule has 2 aliphatic carbocycles. The number of benzene rings is 2. The van der Waals surface area contributed by atoms with Crippen molar-refractivity contribution in [2.75, 3.05) is 0 Å². The average Bonchev–Trinajstić information content (AvgIpc) is 3.52. The van der Waals surface area contributed by atoms with Crippen molar-refractivity contribution in [2.45, 2.75) is 6.54 Å². The van der Waals surface area contributed by atoms with Crippen molar-refractivity contribution < 1.29 is 17.1 Å². The molecule has 2 aliphatic rings. The van der Waals surface area contributed by atoms with Crippen LogP contribution < -0.4 is 0 Å². The summed E-state index contributed by atoms with van der Waals surface area (Å²) in [6.45, 7) is 0.770. The van der Waals surface area contributed by atoms with Gasteiger partial charge in [-0.3, -0.25) is 4.68 Å². The van der Waals surface area contributed by atoms with E-state index < -0.39 is 0 Å². The second kappa shape index (κ2) is 11.4. The molecule has 2 aromatic carbocycles. The molecule has 0 spiro atoms. The Kier molecular flexibility index (Phi) is 8.58. The first-order valence-electron chi connectivity index (χ1n) is 9.46. The number of aromatic nitrogens is 2. The summed E-state index contributed by atoms with van der Waals surface area (Å²) in [4.78, 5) is 0. The van der Waals surface area contributed by atoms with Crippen LogP contribution in [0.25, 0.3) is 11.3 Å². The number of hydrogen-bond acceptors (Lipinski definition) is 1. The zero-order chi connectivity index (χ0) is 19.0. The first kappa shape index (κ1) is 21.9.